The number of hydrogen-bond acceptors (Lipinski definition) is 5. The number of nitrogens with two attached hydrogens (primary N) is 1. The van der Waals surface area contributed by atoms with Crippen LogP contribution in [0.25, 0.3) is 0 Å². The fourth-order valence-corrected chi connectivity index (χ4v) is 13.9. The average Bonchev–Trinajstić information content (AvgIpc) is 3.66. The van der Waals surface area contributed by atoms with Gasteiger partial charge in [-0.05, 0) is 130 Å². The Kier molecular flexibility index (Phi) is 27.5. The molecule has 67 heavy (non-hydrogen) atoms. The predicted octanol–water partition coefficient (Wildman–Crippen LogP) is 15.0. The Morgan fingerprint density at radius 1 is 0.701 bits per heavy atom. The number of rotatable bonds is 36. The van der Waals surface area contributed by atoms with Gasteiger partial charge in [-0.1, -0.05) is 182 Å². The Labute approximate surface area is 413 Å². The van der Waals surface area contributed by atoms with E-state index in [4.69, 9.17) is 10.5 Å². The molecule has 3 fully saturated rings. The van der Waals surface area contributed by atoms with Crippen molar-refractivity contribution in [2.75, 3.05) is 32.7 Å². The highest BCUT2D eigenvalue weighted by Crippen LogP contribution is 2.67. The van der Waals surface area contributed by atoms with E-state index in [2.05, 4.69) is 58.3 Å². The summed E-state index contributed by atoms with van der Waals surface area (Å²) in [5, 5.41) is 6.06. The summed E-state index contributed by atoms with van der Waals surface area (Å²) in [4.78, 5) is 41.3. The second-order valence-corrected chi connectivity index (χ2v) is 23.6. The minimum atomic E-state index is -0.321. The SMILES string of the molecule is CCCCCCCCCCCCCCCCCCC(=O)N(CCCCNC(=O)O[C@H]1CC[C@@]2(C)C(=CC[C@H]3[C@@H]4CC[C@H]([C@H](C)CCCC(C)C)[C@@]4(C)CC[C@@H]32)C1)CC(=O)NCCCCCCN. The van der Waals surface area contributed by atoms with Gasteiger partial charge in [-0.3, -0.25) is 9.59 Å². The summed E-state index contributed by atoms with van der Waals surface area (Å²) in [6, 6.07) is 0. The van der Waals surface area contributed by atoms with Gasteiger partial charge < -0.3 is 26.0 Å². The predicted molar refractivity (Wildman–Crippen MR) is 282 cm³/mol. The Hall–Kier alpha value is -2.09. The largest absolute Gasteiger partial charge is 0.446 e. The van der Waals surface area contributed by atoms with Crippen LogP contribution < -0.4 is 16.4 Å². The Balaban J connectivity index is 1.13. The molecule has 4 aliphatic carbocycles. The lowest BCUT2D eigenvalue weighted by atomic mass is 9.47. The van der Waals surface area contributed by atoms with Gasteiger partial charge in [0.15, 0.2) is 0 Å². The van der Waals surface area contributed by atoms with Gasteiger partial charge >= 0.3 is 6.09 Å². The molecule has 3 saturated carbocycles. The van der Waals surface area contributed by atoms with Gasteiger partial charge in [0, 0.05) is 32.5 Å². The van der Waals surface area contributed by atoms with Crippen LogP contribution in [0, 0.1) is 46.3 Å². The van der Waals surface area contributed by atoms with Crippen LogP contribution in [0.2, 0.25) is 0 Å². The number of amides is 3. The molecular weight excluding hydrogens is 829 g/mol. The Bertz CT molecular complexity index is 1420. The summed E-state index contributed by atoms with van der Waals surface area (Å²) in [5.74, 6) is 4.92. The molecule has 3 amide bonds. The van der Waals surface area contributed by atoms with E-state index in [1.165, 1.54) is 141 Å². The Morgan fingerprint density at radius 3 is 1.97 bits per heavy atom. The summed E-state index contributed by atoms with van der Waals surface area (Å²) >= 11 is 0. The Morgan fingerprint density at radius 2 is 1.31 bits per heavy atom. The molecule has 0 aliphatic heterocycles. The van der Waals surface area contributed by atoms with Crippen molar-refractivity contribution >= 4 is 17.9 Å². The smallest absolute Gasteiger partial charge is 0.407 e. The van der Waals surface area contributed by atoms with E-state index in [9.17, 15) is 14.4 Å². The van der Waals surface area contributed by atoms with Crippen molar-refractivity contribution in [2.24, 2.45) is 52.1 Å². The van der Waals surface area contributed by atoms with Crippen LogP contribution in [0.5, 0.6) is 0 Å². The molecule has 4 rings (SSSR count). The molecule has 388 valence electrons. The molecule has 0 aromatic rings. The van der Waals surface area contributed by atoms with Crippen molar-refractivity contribution in [1.29, 1.82) is 0 Å². The monoisotopic (exact) mass is 937 g/mol. The van der Waals surface area contributed by atoms with E-state index in [1.54, 1.807) is 10.5 Å². The number of hydrogen-bond donors (Lipinski definition) is 3. The highest BCUT2D eigenvalue weighted by atomic mass is 16.6. The van der Waals surface area contributed by atoms with Crippen LogP contribution in [0.3, 0.4) is 0 Å². The van der Waals surface area contributed by atoms with Crippen molar-refractivity contribution in [3.8, 4) is 0 Å². The summed E-state index contributed by atoms with van der Waals surface area (Å²) in [6.07, 6.45) is 43.0. The number of ether oxygens (including phenoxy) is 1. The maximum atomic E-state index is 13.5. The molecule has 4 aliphatic rings. The molecule has 0 saturated heterocycles. The zero-order valence-electron chi connectivity index (χ0n) is 44.9. The summed E-state index contributed by atoms with van der Waals surface area (Å²) < 4.78 is 6.09. The number of unbranched alkanes of at least 4 members (excludes halogenated alkanes) is 19. The van der Waals surface area contributed by atoms with E-state index in [0.717, 1.165) is 106 Å². The fraction of sp³-hybridized carbons (Fsp3) is 0.915. The number of nitrogens with zero attached hydrogens (tertiary/aromatic N) is 1. The first-order valence-electron chi connectivity index (χ1n) is 29.3. The van der Waals surface area contributed by atoms with Gasteiger partial charge in [-0.25, -0.2) is 4.79 Å². The van der Waals surface area contributed by atoms with E-state index in [-0.39, 0.29) is 36.0 Å². The van der Waals surface area contributed by atoms with E-state index >= 15 is 0 Å². The minimum absolute atomic E-state index is 0.0656. The van der Waals surface area contributed by atoms with Gasteiger partial charge in [0.1, 0.15) is 6.10 Å². The number of allylic oxidation sites excluding steroid dienone is 1. The van der Waals surface area contributed by atoms with Crippen molar-refractivity contribution in [3.63, 3.8) is 0 Å². The van der Waals surface area contributed by atoms with Gasteiger partial charge in [-0.15, -0.1) is 0 Å². The summed E-state index contributed by atoms with van der Waals surface area (Å²) in [5.41, 5.74) is 7.92. The zero-order valence-corrected chi connectivity index (χ0v) is 44.9. The molecule has 0 radical (unpaired) electrons. The maximum Gasteiger partial charge on any atom is 0.407 e. The van der Waals surface area contributed by atoms with Gasteiger partial charge in [-0.2, -0.15) is 0 Å². The molecule has 0 aromatic carbocycles. The van der Waals surface area contributed by atoms with Crippen LogP contribution in [0.15, 0.2) is 11.6 Å². The van der Waals surface area contributed by atoms with Crippen LogP contribution in [-0.4, -0.2) is 61.6 Å². The number of alkyl carbamates (subject to hydrolysis) is 1. The van der Waals surface area contributed by atoms with Crippen molar-refractivity contribution < 1.29 is 19.1 Å². The minimum Gasteiger partial charge on any atom is -0.446 e. The normalized spacial score (nSPS) is 26.0. The van der Waals surface area contributed by atoms with Crippen LogP contribution in [0.4, 0.5) is 4.79 Å². The van der Waals surface area contributed by atoms with Gasteiger partial charge in [0.2, 0.25) is 11.8 Å². The number of carbonyl (C=O) groups is 3. The molecule has 8 nitrogen and oxygen atoms in total. The van der Waals surface area contributed by atoms with Crippen molar-refractivity contribution in [2.45, 2.75) is 266 Å². The molecule has 0 heterocycles. The van der Waals surface area contributed by atoms with Crippen LogP contribution in [-0.2, 0) is 14.3 Å². The molecule has 8 atom stereocenters. The van der Waals surface area contributed by atoms with Gasteiger partial charge in [0.05, 0.1) is 6.54 Å². The lowest BCUT2D eigenvalue weighted by molar-refractivity contribution is -0.136. The third kappa shape index (κ3) is 19.6. The molecule has 0 bridgehead atoms. The van der Waals surface area contributed by atoms with Crippen molar-refractivity contribution in [3.05, 3.63) is 11.6 Å². The molecular formula is C59H108N4O4. The highest BCUT2D eigenvalue weighted by Gasteiger charge is 2.59. The van der Waals surface area contributed by atoms with Crippen LogP contribution in [0.1, 0.15) is 260 Å². The van der Waals surface area contributed by atoms with Gasteiger partial charge in [0.25, 0.3) is 0 Å². The third-order valence-electron chi connectivity index (χ3n) is 18.0. The number of carbonyl (C=O) groups excluding carboxylic acids is 3. The summed E-state index contributed by atoms with van der Waals surface area (Å²) in [7, 11) is 0. The molecule has 0 spiro atoms. The first kappa shape index (κ1) is 57.5. The quantitative estimate of drug-likeness (QED) is 0.0428. The molecule has 0 aromatic heterocycles. The zero-order chi connectivity index (χ0) is 48.3. The molecule has 0 unspecified atom stereocenters. The molecule has 4 N–H and O–H groups in total. The summed E-state index contributed by atoms with van der Waals surface area (Å²) in [6.45, 7) is 17.3. The first-order valence-corrected chi connectivity index (χ1v) is 29.3. The lowest BCUT2D eigenvalue weighted by Gasteiger charge is -2.58. The standard InChI is InChI=1S/C59H108N4O4/c1-7-8-9-10-11-12-13-14-15-16-17-18-19-20-21-24-32-56(65)63(46-55(64)61-42-26-23-22-25-41-60)44-28-27-43-62-57(66)67-50-37-39-58(5)49(45-50)33-34-51-53-36-35-52(48(4)31-29-30-47(2)3)59(53,6)40-38-54(51)58/h33,47-48,50-54H,7-32,34-46,60H2,1-6H3,(H,61,64)(H,62,66)/t48-,50+,51+,52-,53+,54+,58+,59-/m1/s1. The highest BCUT2D eigenvalue weighted by molar-refractivity contribution is 5.84. The second-order valence-electron chi connectivity index (χ2n) is 23.6. The third-order valence-corrected chi connectivity index (χ3v) is 18.0. The van der Waals surface area contributed by atoms with E-state index in [1.807, 2.05) is 0 Å². The second kappa shape index (κ2) is 32.0. The number of nitrogens with one attached hydrogen (secondary N) is 2. The van der Waals surface area contributed by atoms with E-state index < -0.39 is 0 Å². The topological polar surface area (TPSA) is 114 Å². The fourth-order valence-electron chi connectivity index (χ4n) is 13.9. The van der Waals surface area contributed by atoms with Crippen LogP contribution >= 0.6 is 0 Å². The molecule has 8 heteroatoms. The van der Waals surface area contributed by atoms with Crippen molar-refractivity contribution in [1.82, 2.24) is 15.5 Å². The average molecular weight is 938 g/mol. The lowest BCUT2D eigenvalue weighted by Crippen LogP contribution is -2.51. The van der Waals surface area contributed by atoms with E-state index in [0.29, 0.717) is 38.0 Å². The number of fused-ring (bicyclic) bond motifs is 5. The first-order chi connectivity index (χ1) is 32.4. The maximum absolute atomic E-state index is 13.5.